The van der Waals surface area contributed by atoms with E-state index in [0.717, 1.165) is 31.6 Å². The first-order chi connectivity index (χ1) is 13.0. The monoisotopic (exact) mass is 371 g/mol. The molecule has 3 N–H and O–H groups in total. The highest BCUT2D eigenvalue weighted by Gasteiger charge is 2.27. The Morgan fingerprint density at radius 3 is 2.52 bits per heavy atom. The van der Waals surface area contributed by atoms with Gasteiger partial charge in [0.05, 0.1) is 6.04 Å². The summed E-state index contributed by atoms with van der Waals surface area (Å²) in [5, 5.41) is 12.4. The van der Waals surface area contributed by atoms with E-state index in [9.17, 15) is 9.59 Å². The molecule has 0 saturated carbocycles. The largest absolute Gasteiger partial charge is 0.360 e. The number of carbonyl (C=O) groups excluding carboxylic acids is 2. The summed E-state index contributed by atoms with van der Waals surface area (Å²) in [7, 11) is 0. The molecule has 1 aliphatic heterocycles. The van der Waals surface area contributed by atoms with Crippen LogP contribution in [0.25, 0.3) is 0 Å². The van der Waals surface area contributed by atoms with Crippen LogP contribution in [0, 0.1) is 6.92 Å². The quantitative estimate of drug-likeness (QED) is 0.750. The van der Waals surface area contributed by atoms with Gasteiger partial charge in [-0.15, -0.1) is 0 Å². The molecule has 1 unspecified atom stereocenters. The van der Waals surface area contributed by atoms with Crippen LogP contribution in [0.4, 0.5) is 16.3 Å². The smallest absolute Gasteiger partial charge is 0.319 e. The maximum absolute atomic E-state index is 12.4. The third-order valence-electron chi connectivity index (χ3n) is 4.70. The average Bonchev–Trinajstić information content (AvgIpc) is 3.07. The van der Waals surface area contributed by atoms with Gasteiger partial charge >= 0.3 is 6.03 Å². The number of rotatable bonds is 5. The Bertz CT molecular complexity index is 769. The van der Waals surface area contributed by atoms with E-state index in [1.165, 1.54) is 0 Å². The number of piperidine rings is 1. The predicted octanol–water partition coefficient (Wildman–Crippen LogP) is 2.60. The van der Waals surface area contributed by atoms with Gasteiger partial charge in [-0.25, -0.2) is 4.79 Å². The van der Waals surface area contributed by atoms with Gasteiger partial charge < -0.3 is 20.5 Å². The molecule has 3 rings (SSSR count). The summed E-state index contributed by atoms with van der Waals surface area (Å²) in [5.74, 6) is 0.966. The van der Waals surface area contributed by atoms with Gasteiger partial charge in [-0.3, -0.25) is 9.69 Å². The van der Waals surface area contributed by atoms with E-state index in [0.29, 0.717) is 11.6 Å². The number of likely N-dealkylation sites (tertiary alicyclic amines) is 1. The summed E-state index contributed by atoms with van der Waals surface area (Å²) in [6.07, 6.45) is 1.59. The van der Waals surface area contributed by atoms with Crippen molar-refractivity contribution < 1.29 is 14.1 Å². The minimum Gasteiger partial charge on any atom is -0.360 e. The van der Waals surface area contributed by atoms with Crippen molar-refractivity contribution in [3.05, 3.63) is 42.2 Å². The second kappa shape index (κ2) is 8.68. The number of hydrogen-bond acceptors (Lipinski definition) is 5. The van der Waals surface area contributed by atoms with Gasteiger partial charge in [-0.2, -0.15) is 0 Å². The molecule has 2 heterocycles. The van der Waals surface area contributed by atoms with Crippen molar-refractivity contribution in [3.8, 4) is 0 Å². The van der Waals surface area contributed by atoms with Gasteiger partial charge in [0.2, 0.25) is 5.91 Å². The minimum atomic E-state index is -0.277. The molecule has 1 aromatic carbocycles. The number of nitrogens with one attached hydrogen (secondary N) is 3. The van der Waals surface area contributed by atoms with E-state index in [2.05, 4.69) is 26.0 Å². The van der Waals surface area contributed by atoms with Crippen LogP contribution in [0.5, 0.6) is 0 Å². The van der Waals surface area contributed by atoms with E-state index in [4.69, 9.17) is 4.52 Å². The lowest BCUT2D eigenvalue weighted by Gasteiger charge is -2.35. The van der Waals surface area contributed by atoms with E-state index in [-0.39, 0.29) is 24.0 Å². The fraction of sp³-hybridized carbons (Fsp3) is 0.421. The standard InChI is InChI=1S/C19H25N5O3/c1-13-12-17(23-27-13)22-18(25)14(2)24-10-8-16(9-11-24)21-19(26)20-15-6-4-3-5-7-15/h3-7,12,14,16H,8-11H2,1-2H3,(H2,20,21,26)(H,22,23,25). The highest BCUT2D eigenvalue weighted by molar-refractivity contribution is 5.93. The maximum atomic E-state index is 12.4. The van der Waals surface area contributed by atoms with Crippen LogP contribution in [0.3, 0.4) is 0 Å². The van der Waals surface area contributed by atoms with Crippen molar-refractivity contribution in [1.82, 2.24) is 15.4 Å². The van der Waals surface area contributed by atoms with Crippen molar-refractivity contribution in [2.45, 2.75) is 38.8 Å². The topological polar surface area (TPSA) is 99.5 Å². The summed E-state index contributed by atoms with van der Waals surface area (Å²) in [5.41, 5.74) is 0.765. The summed E-state index contributed by atoms with van der Waals surface area (Å²) < 4.78 is 4.96. The van der Waals surface area contributed by atoms with E-state index >= 15 is 0 Å². The third kappa shape index (κ3) is 5.30. The Labute approximate surface area is 158 Å². The van der Waals surface area contributed by atoms with Crippen LogP contribution in [0.15, 0.2) is 40.9 Å². The fourth-order valence-electron chi connectivity index (χ4n) is 3.13. The van der Waals surface area contributed by atoms with Crippen molar-refractivity contribution in [2.24, 2.45) is 0 Å². The first kappa shape index (κ1) is 18.9. The Balaban J connectivity index is 1.42. The number of aromatic nitrogens is 1. The molecule has 144 valence electrons. The predicted molar refractivity (Wildman–Crippen MR) is 103 cm³/mol. The number of anilines is 2. The lowest BCUT2D eigenvalue weighted by atomic mass is 10.0. The van der Waals surface area contributed by atoms with Gasteiger partial charge in [-0.1, -0.05) is 23.4 Å². The van der Waals surface area contributed by atoms with Crippen molar-refractivity contribution in [3.63, 3.8) is 0 Å². The van der Waals surface area contributed by atoms with Crippen LogP contribution >= 0.6 is 0 Å². The molecule has 1 saturated heterocycles. The molecule has 0 spiro atoms. The number of benzene rings is 1. The molecule has 1 aromatic heterocycles. The molecular formula is C19H25N5O3. The number of amides is 3. The molecule has 0 aliphatic carbocycles. The zero-order chi connectivity index (χ0) is 19.2. The van der Waals surface area contributed by atoms with Gasteiger partial charge in [0.1, 0.15) is 5.76 Å². The molecule has 1 aliphatic rings. The van der Waals surface area contributed by atoms with Crippen LogP contribution in [-0.2, 0) is 4.79 Å². The van der Waals surface area contributed by atoms with Crippen LogP contribution in [0.1, 0.15) is 25.5 Å². The minimum absolute atomic E-state index is 0.0958. The first-order valence-corrected chi connectivity index (χ1v) is 9.12. The number of hydrogen-bond donors (Lipinski definition) is 3. The number of nitrogens with zero attached hydrogens (tertiary/aromatic N) is 2. The summed E-state index contributed by atoms with van der Waals surface area (Å²) in [6, 6.07) is 10.7. The summed E-state index contributed by atoms with van der Waals surface area (Å²) in [6.45, 7) is 5.13. The van der Waals surface area contributed by atoms with Crippen molar-refractivity contribution in [1.29, 1.82) is 0 Å². The Kier molecular flexibility index (Phi) is 6.08. The molecule has 0 bridgehead atoms. The van der Waals surface area contributed by atoms with E-state index in [1.54, 1.807) is 13.0 Å². The average molecular weight is 371 g/mol. The molecule has 27 heavy (non-hydrogen) atoms. The molecule has 8 heteroatoms. The first-order valence-electron chi connectivity index (χ1n) is 9.12. The third-order valence-corrected chi connectivity index (χ3v) is 4.70. The Morgan fingerprint density at radius 1 is 1.19 bits per heavy atom. The van der Waals surface area contributed by atoms with Gasteiger partial charge in [0.25, 0.3) is 0 Å². The van der Waals surface area contributed by atoms with Gasteiger partial charge in [0, 0.05) is 30.9 Å². The lowest BCUT2D eigenvalue weighted by molar-refractivity contribution is -0.121. The molecular weight excluding hydrogens is 346 g/mol. The highest BCUT2D eigenvalue weighted by Crippen LogP contribution is 2.15. The SMILES string of the molecule is Cc1cc(NC(=O)C(C)N2CCC(NC(=O)Nc3ccccc3)CC2)no1. The van der Waals surface area contributed by atoms with E-state index in [1.807, 2.05) is 37.3 Å². The van der Waals surface area contributed by atoms with Gasteiger partial charge in [-0.05, 0) is 38.8 Å². The fourth-order valence-corrected chi connectivity index (χ4v) is 3.13. The molecule has 0 radical (unpaired) electrons. The lowest BCUT2D eigenvalue weighted by Crippen LogP contribution is -2.51. The Hall–Kier alpha value is -2.87. The molecule has 1 atom stereocenters. The normalized spacial score (nSPS) is 16.5. The second-order valence-electron chi connectivity index (χ2n) is 6.76. The number of para-hydroxylation sites is 1. The molecule has 3 amide bonds. The highest BCUT2D eigenvalue weighted by atomic mass is 16.5. The second-order valence-corrected chi connectivity index (χ2v) is 6.76. The van der Waals surface area contributed by atoms with Crippen molar-refractivity contribution in [2.75, 3.05) is 23.7 Å². The summed E-state index contributed by atoms with van der Waals surface area (Å²) >= 11 is 0. The van der Waals surface area contributed by atoms with Crippen molar-refractivity contribution >= 4 is 23.4 Å². The number of urea groups is 1. The van der Waals surface area contributed by atoms with E-state index < -0.39 is 0 Å². The van der Waals surface area contributed by atoms with Crippen LogP contribution < -0.4 is 16.0 Å². The number of aryl methyl sites for hydroxylation is 1. The van der Waals surface area contributed by atoms with Crippen LogP contribution in [-0.4, -0.2) is 47.2 Å². The Morgan fingerprint density at radius 2 is 1.89 bits per heavy atom. The zero-order valence-electron chi connectivity index (χ0n) is 15.6. The molecule has 1 fully saturated rings. The summed E-state index contributed by atoms with van der Waals surface area (Å²) in [4.78, 5) is 26.6. The van der Waals surface area contributed by atoms with Crippen LogP contribution in [0.2, 0.25) is 0 Å². The zero-order valence-corrected chi connectivity index (χ0v) is 15.6. The molecule has 8 nitrogen and oxygen atoms in total. The van der Waals surface area contributed by atoms with Gasteiger partial charge in [0.15, 0.2) is 5.82 Å². The maximum Gasteiger partial charge on any atom is 0.319 e. The molecule has 2 aromatic rings. The number of carbonyl (C=O) groups is 2.